The van der Waals surface area contributed by atoms with Crippen molar-refractivity contribution >= 4 is 0 Å². The lowest BCUT2D eigenvalue weighted by Gasteiger charge is -2.44. The van der Waals surface area contributed by atoms with Gasteiger partial charge >= 0.3 is 0 Å². The lowest BCUT2D eigenvalue weighted by atomic mass is 9.88. The third kappa shape index (κ3) is 1.98. The van der Waals surface area contributed by atoms with Crippen molar-refractivity contribution in [2.75, 3.05) is 19.6 Å². The summed E-state index contributed by atoms with van der Waals surface area (Å²) in [6.07, 6.45) is 4.96. The molecule has 1 fully saturated rings. The first-order chi connectivity index (χ1) is 8.73. The SMILES string of the molecule is CC1CCN(C2(CN)Cc3ccccc3C2)CC1. The number of nitrogens with zero attached hydrogens (tertiary/aromatic N) is 1. The van der Waals surface area contributed by atoms with Gasteiger partial charge in [0.2, 0.25) is 0 Å². The van der Waals surface area contributed by atoms with Gasteiger partial charge in [-0.2, -0.15) is 0 Å². The maximum atomic E-state index is 6.17. The van der Waals surface area contributed by atoms with Crippen LogP contribution >= 0.6 is 0 Å². The molecule has 1 heterocycles. The van der Waals surface area contributed by atoms with E-state index in [1.165, 1.54) is 37.1 Å². The molecule has 0 saturated carbocycles. The fourth-order valence-corrected chi connectivity index (χ4v) is 3.65. The Morgan fingerprint density at radius 3 is 2.22 bits per heavy atom. The predicted octanol–water partition coefficient (Wildman–Crippen LogP) is 2.21. The second-order valence-electron chi connectivity index (χ2n) is 6.22. The molecule has 0 amide bonds. The number of fused-ring (bicyclic) bond motifs is 1. The van der Waals surface area contributed by atoms with E-state index in [9.17, 15) is 0 Å². The van der Waals surface area contributed by atoms with E-state index in [2.05, 4.69) is 36.1 Å². The van der Waals surface area contributed by atoms with Crippen molar-refractivity contribution in [3.05, 3.63) is 35.4 Å². The third-order valence-corrected chi connectivity index (χ3v) is 4.99. The molecule has 2 N–H and O–H groups in total. The van der Waals surface area contributed by atoms with Gasteiger partial charge in [0.1, 0.15) is 0 Å². The van der Waals surface area contributed by atoms with Crippen molar-refractivity contribution in [1.82, 2.24) is 4.90 Å². The second kappa shape index (κ2) is 4.67. The number of hydrogen-bond acceptors (Lipinski definition) is 2. The zero-order valence-electron chi connectivity index (χ0n) is 11.4. The summed E-state index contributed by atoms with van der Waals surface area (Å²) in [5.74, 6) is 0.889. The van der Waals surface area contributed by atoms with Crippen LogP contribution in [0.2, 0.25) is 0 Å². The molecular weight excluding hydrogens is 220 g/mol. The van der Waals surface area contributed by atoms with Gasteiger partial charge in [-0.25, -0.2) is 0 Å². The Morgan fingerprint density at radius 2 is 1.72 bits per heavy atom. The average molecular weight is 244 g/mol. The molecule has 2 nitrogen and oxygen atoms in total. The van der Waals surface area contributed by atoms with Crippen LogP contribution in [0.4, 0.5) is 0 Å². The van der Waals surface area contributed by atoms with Crippen LogP contribution in [0.15, 0.2) is 24.3 Å². The van der Waals surface area contributed by atoms with Crippen molar-refractivity contribution < 1.29 is 0 Å². The van der Waals surface area contributed by atoms with Gasteiger partial charge in [-0.3, -0.25) is 4.90 Å². The summed E-state index contributed by atoms with van der Waals surface area (Å²) >= 11 is 0. The molecule has 3 rings (SSSR count). The number of piperidine rings is 1. The molecule has 1 aliphatic heterocycles. The summed E-state index contributed by atoms with van der Waals surface area (Å²) in [5, 5.41) is 0. The molecule has 2 aliphatic rings. The number of nitrogens with two attached hydrogens (primary N) is 1. The predicted molar refractivity (Wildman–Crippen MR) is 75.6 cm³/mol. The quantitative estimate of drug-likeness (QED) is 0.864. The molecule has 1 aromatic carbocycles. The van der Waals surface area contributed by atoms with Crippen molar-refractivity contribution in [3.63, 3.8) is 0 Å². The molecule has 1 aromatic rings. The highest BCUT2D eigenvalue weighted by atomic mass is 15.2. The lowest BCUT2D eigenvalue weighted by molar-refractivity contribution is 0.0647. The van der Waals surface area contributed by atoms with E-state index in [1.807, 2.05) is 0 Å². The van der Waals surface area contributed by atoms with Crippen molar-refractivity contribution in [2.24, 2.45) is 11.7 Å². The molecule has 1 aliphatic carbocycles. The van der Waals surface area contributed by atoms with Crippen LogP contribution in [0.1, 0.15) is 30.9 Å². The van der Waals surface area contributed by atoms with E-state index < -0.39 is 0 Å². The average Bonchev–Trinajstić information content (AvgIpc) is 2.79. The van der Waals surface area contributed by atoms with Gasteiger partial charge in [0.05, 0.1) is 0 Å². The zero-order chi connectivity index (χ0) is 12.6. The van der Waals surface area contributed by atoms with Crippen LogP contribution in [0.3, 0.4) is 0 Å². The van der Waals surface area contributed by atoms with Gasteiger partial charge < -0.3 is 5.73 Å². The fraction of sp³-hybridized carbons (Fsp3) is 0.625. The molecule has 0 bridgehead atoms. The van der Waals surface area contributed by atoms with Crippen LogP contribution in [0, 0.1) is 5.92 Å². The number of hydrogen-bond donors (Lipinski definition) is 1. The van der Waals surface area contributed by atoms with Gasteiger partial charge in [0, 0.05) is 12.1 Å². The number of benzene rings is 1. The minimum absolute atomic E-state index is 0.212. The summed E-state index contributed by atoms with van der Waals surface area (Å²) < 4.78 is 0. The largest absolute Gasteiger partial charge is 0.329 e. The molecule has 0 radical (unpaired) electrons. The van der Waals surface area contributed by atoms with E-state index in [0.29, 0.717) is 0 Å². The minimum Gasteiger partial charge on any atom is -0.329 e. The zero-order valence-corrected chi connectivity index (χ0v) is 11.4. The van der Waals surface area contributed by atoms with Crippen LogP contribution in [-0.2, 0) is 12.8 Å². The topological polar surface area (TPSA) is 29.3 Å². The molecule has 2 heteroatoms. The molecular formula is C16H24N2. The van der Waals surface area contributed by atoms with E-state index >= 15 is 0 Å². The number of likely N-dealkylation sites (tertiary alicyclic amines) is 1. The summed E-state index contributed by atoms with van der Waals surface area (Å²) in [4.78, 5) is 2.67. The molecule has 0 unspecified atom stereocenters. The summed E-state index contributed by atoms with van der Waals surface area (Å²) in [6.45, 7) is 5.62. The first kappa shape index (κ1) is 12.2. The van der Waals surface area contributed by atoms with Gasteiger partial charge in [-0.05, 0) is 55.8 Å². The first-order valence-electron chi connectivity index (χ1n) is 7.25. The van der Waals surface area contributed by atoms with E-state index in [-0.39, 0.29) is 5.54 Å². The maximum absolute atomic E-state index is 6.17. The van der Waals surface area contributed by atoms with Crippen molar-refractivity contribution in [3.8, 4) is 0 Å². The van der Waals surface area contributed by atoms with Crippen molar-refractivity contribution in [2.45, 2.75) is 38.1 Å². The van der Waals surface area contributed by atoms with Gasteiger partial charge in [0.25, 0.3) is 0 Å². The Kier molecular flexibility index (Phi) is 3.16. The van der Waals surface area contributed by atoms with Crippen LogP contribution in [-0.4, -0.2) is 30.1 Å². The van der Waals surface area contributed by atoms with Crippen LogP contribution in [0.25, 0.3) is 0 Å². The molecule has 0 atom stereocenters. The molecule has 0 aromatic heterocycles. The molecule has 18 heavy (non-hydrogen) atoms. The monoisotopic (exact) mass is 244 g/mol. The second-order valence-corrected chi connectivity index (χ2v) is 6.22. The number of rotatable bonds is 2. The molecule has 1 saturated heterocycles. The first-order valence-corrected chi connectivity index (χ1v) is 7.25. The highest BCUT2D eigenvalue weighted by molar-refractivity contribution is 5.36. The van der Waals surface area contributed by atoms with Crippen LogP contribution < -0.4 is 5.73 Å². The third-order valence-electron chi connectivity index (χ3n) is 4.99. The summed E-state index contributed by atoms with van der Waals surface area (Å²) in [6, 6.07) is 8.87. The van der Waals surface area contributed by atoms with Crippen molar-refractivity contribution in [1.29, 1.82) is 0 Å². The Labute approximate surface area is 110 Å². The van der Waals surface area contributed by atoms with E-state index in [0.717, 1.165) is 25.3 Å². The minimum atomic E-state index is 0.212. The van der Waals surface area contributed by atoms with Gasteiger partial charge in [-0.15, -0.1) is 0 Å². The molecule has 0 spiro atoms. The summed E-state index contributed by atoms with van der Waals surface area (Å²) in [7, 11) is 0. The highest BCUT2D eigenvalue weighted by Gasteiger charge is 2.41. The Morgan fingerprint density at radius 1 is 1.17 bits per heavy atom. The lowest BCUT2D eigenvalue weighted by Crippen LogP contribution is -2.57. The fourth-order valence-electron chi connectivity index (χ4n) is 3.65. The summed E-state index contributed by atoms with van der Waals surface area (Å²) in [5.41, 5.74) is 9.41. The van der Waals surface area contributed by atoms with Crippen LogP contribution in [0.5, 0.6) is 0 Å². The maximum Gasteiger partial charge on any atom is 0.0412 e. The highest BCUT2D eigenvalue weighted by Crippen LogP contribution is 2.36. The molecule has 98 valence electrons. The Balaban J connectivity index is 1.81. The normalized spacial score (nSPS) is 24.1. The van der Waals surface area contributed by atoms with Gasteiger partial charge in [-0.1, -0.05) is 31.2 Å². The Hall–Kier alpha value is -0.860. The standard InChI is InChI=1S/C16H24N2/c1-13-6-8-18(9-7-13)16(12-17)10-14-4-2-3-5-15(14)11-16/h2-5,13H,6-12,17H2,1H3. The Bertz CT molecular complexity index is 394. The van der Waals surface area contributed by atoms with Gasteiger partial charge in [0.15, 0.2) is 0 Å². The van der Waals surface area contributed by atoms with E-state index in [4.69, 9.17) is 5.73 Å². The smallest absolute Gasteiger partial charge is 0.0412 e. The van der Waals surface area contributed by atoms with E-state index in [1.54, 1.807) is 0 Å².